The predicted molar refractivity (Wildman–Crippen MR) is 102 cm³/mol. The van der Waals surface area contributed by atoms with Crippen LogP contribution in [0.5, 0.6) is 5.75 Å². The number of carbonyl (C=O) groups is 1. The van der Waals surface area contributed by atoms with Crippen LogP contribution in [0.4, 0.5) is 0 Å². The van der Waals surface area contributed by atoms with Crippen LogP contribution >= 0.6 is 12.6 Å². The molecule has 0 bridgehead atoms. The number of benzene rings is 1. The minimum atomic E-state index is -0.129. The molecule has 1 N–H and O–H groups in total. The number of hydrogen-bond donors (Lipinski definition) is 2. The molecule has 3 heteroatoms. The van der Waals surface area contributed by atoms with Crippen LogP contribution < -0.4 is 0 Å². The summed E-state index contributed by atoms with van der Waals surface area (Å²) in [4.78, 5) is 11.9. The minimum Gasteiger partial charge on any atom is -0.507 e. The summed E-state index contributed by atoms with van der Waals surface area (Å²) in [5, 5.41) is 10.7. The topological polar surface area (TPSA) is 37.3 Å². The molecule has 130 valence electrons. The monoisotopic (exact) mass is 336 g/mol. The van der Waals surface area contributed by atoms with E-state index in [2.05, 4.69) is 66.3 Å². The van der Waals surface area contributed by atoms with Crippen molar-refractivity contribution in [3.05, 3.63) is 28.8 Å². The number of thiol groups is 1. The van der Waals surface area contributed by atoms with Crippen molar-refractivity contribution in [2.45, 2.75) is 78.1 Å². The lowest BCUT2D eigenvalue weighted by Gasteiger charge is -2.28. The zero-order chi connectivity index (χ0) is 17.8. The summed E-state index contributed by atoms with van der Waals surface area (Å²) in [7, 11) is 0. The molecule has 0 amide bonds. The lowest BCUT2D eigenvalue weighted by Crippen LogP contribution is -2.18. The summed E-state index contributed by atoms with van der Waals surface area (Å²) in [6.07, 6.45) is 2.75. The second-order valence-corrected chi connectivity index (χ2v) is 8.85. The van der Waals surface area contributed by atoms with E-state index < -0.39 is 0 Å². The summed E-state index contributed by atoms with van der Waals surface area (Å²) in [6, 6.07) is 4.13. The van der Waals surface area contributed by atoms with Crippen molar-refractivity contribution in [2.24, 2.45) is 0 Å². The van der Waals surface area contributed by atoms with Gasteiger partial charge in [-0.3, -0.25) is 4.79 Å². The molecular formula is C20H32O2S. The lowest BCUT2D eigenvalue weighted by atomic mass is 9.78. The second kappa shape index (κ2) is 7.74. The smallest absolute Gasteiger partial charge is 0.133 e. The third kappa shape index (κ3) is 5.87. The molecule has 0 aliphatic heterocycles. The third-order valence-corrected chi connectivity index (χ3v) is 4.41. The van der Waals surface area contributed by atoms with Gasteiger partial charge in [0.2, 0.25) is 0 Å². The standard InChI is InChI=1S/C20H32O2S/c1-19(2,3)16-12-14(9-10-15(21)8-7-11-23)13-17(18(16)22)20(4,5)6/h12-13,22-23H,7-11H2,1-6H3. The number of phenols is 1. The zero-order valence-electron chi connectivity index (χ0n) is 15.5. The largest absolute Gasteiger partial charge is 0.507 e. The van der Waals surface area contributed by atoms with E-state index in [0.717, 1.165) is 35.3 Å². The van der Waals surface area contributed by atoms with Crippen LogP contribution in [0.3, 0.4) is 0 Å². The van der Waals surface area contributed by atoms with Crippen LogP contribution in [0.1, 0.15) is 77.5 Å². The Kier molecular flexibility index (Phi) is 6.76. The molecule has 2 nitrogen and oxygen atoms in total. The Labute approximate surface area is 147 Å². The Bertz CT molecular complexity index is 513. The Balaban J connectivity index is 3.11. The van der Waals surface area contributed by atoms with Crippen molar-refractivity contribution < 1.29 is 9.90 Å². The van der Waals surface area contributed by atoms with Gasteiger partial charge in [0.25, 0.3) is 0 Å². The molecular weight excluding hydrogens is 304 g/mol. The highest BCUT2D eigenvalue weighted by Crippen LogP contribution is 2.39. The molecule has 0 saturated carbocycles. The third-order valence-electron chi connectivity index (χ3n) is 4.09. The molecule has 0 aliphatic rings. The van der Waals surface area contributed by atoms with Crippen LogP contribution in [-0.2, 0) is 22.0 Å². The first-order valence-electron chi connectivity index (χ1n) is 8.46. The first-order chi connectivity index (χ1) is 10.5. The van der Waals surface area contributed by atoms with E-state index in [0.29, 0.717) is 24.4 Å². The van der Waals surface area contributed by atoms with E-state index in [1.807, 2.05) is 0 Å². The average Bonchev–Trinajstić information content (AvgIpc) is 2.41. The molecule has 0 heterocycles. The van der Waals surface area contributed by atoms with Crippen LogP contribution in [-0.4, -0.2) is 16.6 Å². The summed E-state index contributed by atoms with van der Waals surface area (Å²) >= 11 is 4.15. The van der Waals surface area contributed by atoms with Gasteiger partial charge in [0.05, 0.1) is 0 Å². The summed E-state index contributed by atoms with van der Waals surface area (Å²) in [5.74, 6) is 1.45. The Morgan fingerprint density at radius 1 is 1.00 bits per heavy atom. The van der Waals surface area contributed by atoms with E-state index in [1.54, 1.807) is 0 Å². The molecule has 23 heavy (non-hydrogen) atoms. The molecule has 1 aromatic rings. The second-order valence-electron chi connectivity index (χ2n) is 8.41. The average molecular weight is 337 g/mol. The molecule has 0 saturated heterocycles. The van der Waals surface area contributed by atoms with Crippen LogP contribution in [0.25, 0.3) is 0 Å². The molecule has 1 aromatic carbocycles. The number of ketones is 1. The minimum absolute atomic E-state index is 0.129. The van der Waals surface area contributed by atoms with E-state index in [9.17, 15) is 9.90 Å². The van der Waals surface area contributed by atoms with E-state index in [4.69, 9.17) is 0 Å². The number of rotatable bonds is 6. The fourth-order valence-corrected chi connectivity index (χ4v) is 2.83. The highest BCUT2D eigenvalue weighted by molar-refractivity contribution is 7.80. The van der Waals surface area contributed by atoms with Gasteiger partial charge in [0.1, 0.15) is 11.5 Å². The quantitative estimate of drug-likeness (QED) is 0.701. The van der Waals surface area contributed by atoms with Crippen molar-refractivity contribution >= 4 is 18.4 Å². The fraction of sp³-hybridized carbons (Fsp3) is 0.650. The normalized spacial score (nSPS) is 12.5. The first-order valence-corrected chi connectivity index (χ1v) is 9.09. The van der Waals surface area contributed by atoms with Crippen LogP contribution in [0.2, 0.25) is 0 Å². The number of hydrogen-bond acceptors (Lipinski definition) is 3. The van der Waals surface area contributed by atoms with Crippen LogP contribution in [0, 0.1) is 0 Å². The number of aromatic hydroxyl groups is 1. The Morgan fingerprint density at radius 3 is 1.87 bits per heavy atom. The summed E-state index contributed by atoms with van der Waals surface area (Å²) in [5.41, 5.74) is 2.80. The number of carbonyl (C=O) groups excluding carboxylic acids is 1. The van der Waals surface area contributed by atoms with Crippen molar-refractivity contribution in [3.8, 4) is 5.75 Å². The Hall–Kier alpha value is -0.960. The highest BCUT2D eigenvalue weighted by atomic mass is 32.1. The van der Waals surface area contributed by atoms with E-state index in [-0.39, 0.29) is 10.8 Å². The maximum atomic E-state index is 11.9. The number of aryl methyl sites for hydroxylation is 1. The summed E-state index contributed by atoms with van der Waals surface area (Å²) in [6.45, 7) is 12.6. The Morgan fingerprint density at radius 2 is 1.48 bits per heavy atom. The maximum absolute atomic E-state index is 11.9. The first kappa shape index (κ1) is 20.1. The van der Waals surface area contributed by atoms with Gasteiger partial charge < -0.3 is 5.11 Å². The number of Topliss-reactive ketones (excluding diaryl/α,β-unsaturated/α-hetero) is 1. The van der Waals surface area contributed by atoms with Crippen molar-refractivity contribution in [1.82, 2.24) is 0 Å². The highest BCUT2D eigenvalue weighted by Gasteiger charge is 2.26. The fourth-order valence-electron chi connectivity index (χ4n) is 2.67. The molecule has 0 aromatic heterocycles. The van der Waals surface area contributed by atoms with Crippen LogP contribution in [0.15, 0.2) is 12.1 Å². The predicted octanol–water partition coefficient (Wildman–Crippen LogP) is 5.20. The van der Waals surface area contributed by atoms with Gasteiger partial charge in [-0.2, -0.15) is 12.6 Å². The van der Waals surface area contributed by atoms with Gasteiger partial charge in [0.15, 0.2) is 0 Å². The molecule has 0 aliphatic carbocycles. The number of phenolic OH excluding ortho intramolecular Hbond substituents is 1. The molecule has 0 unspecified atom stereocenters. The van der Waals surface area contributed by atoms with Crippen molar-refractivity contribution in [3.63, 3.8) is 0 Å². The molecule has 0 radical (unpaired) electrons. The van der Waals surface area contributed by atoms with Gasteiger partial charge in [0, 0.05) is 12.8 Å². The van der Waals surface area contributed by atoms with Gasteiger partial charge in [-0.05, 0) is 46.1 Å². The van der Waals surface area contributed by atoms with Gasteiger partial charge in [-0.25, -0.2) is 0 Å². The van der Waals surface area contributed by atoms with Crippen molar-refractivity contribution in [1.29, 1.82) is 0 Å². The van der Waals surface area contributed by atoms with Crippen molar-refractivity contribution in [2.75, 3.05) is 5.75 Å². The van der Waals surface area contributed by atoms with Gasteiger partial charge >= 0.3 is 0 Å². The molecule has 0 fully saturated rings. The SMILES string of the molecule is CC(C)(C)c1cc(CCC(=O)CCCS)cc(C(C)(C)C)c1O. The lowest BCUT2D eigenvalue weighted by molar-refractivity contribution is -0.119. The van der Waals surface area contributed by atoms with Gasteiger partial charge in [-0.15, -0.1) is 0 Å². The molecule has 1 rings (SSSR count). The van der Waals surface area contributed by atoms with Gasteiger partial charge in [-0.1, -0.05) is 53.7 Å². The maximum Gasteiger partial charge on any atom is 0.133 e. The van der Waals surface area contributed by atoms with E-state index >= 15 is 0 Å². The van der Waals surface area contributed by atoms with E-state index in [1.165, 1.54) is 0 Å². The summed E-state index contributed by atoms with van der Waals surface area (Å²) < 4.78 is 0. The molecule has 0 spiro atoms. The zero-order valence-corrected chi connectivity index (χ0v) is 16.4. The molecule has 0 atom stereocenters.